The molecule has 5 heteroatoms. The Morgan fingerprint density at radius 2 is 1.83 bits per heavy atom. The van der Waals surface area contributed by atoms with Crippen molar-refractivity contribution in [3.8, 4) is 0 Å². The molecule has 120 valence electrons. The summed E-state index contributed by atoms with van der Waals surface area (Å²) in [6, 6.07) is 6.05. The van der Waals surface area contributed by atoms with Crippen molar-refractivity contribution in [1.82, 2.24) is 4.90 Å². The number of ketones is 2. The summed E-state index contributed by atoms with van der Waals surface area (Å²) in [6.45, 7) is 1.93. The molecule has 0 N–H and O–H groups in total. The van der Waals surface area contributed by atoms with Crippen molar-refractivity contribution in [3.05, 3.63) is 71.1 Å². The van der Waals surface area contributed by atoms with Crippen LogP contribution in [0.4, 0.5) is 0 Å². The van der Waals surface area contributed by atoms with Gasteiger partial charge in [0, 0.05) is 17.3 Å². The van der Waals surface area contributed by atoms with E-state index in [4.69, 9.17) is 4.74 Å². The van der Waals surface area contributed by atoms with Crippen LogP contribution < -0.4 is 0 Å². The molecule has 4 rings (SSSR count). The third kappa shape index (κ3) is 1.84. The van der Waals surface area contributed by atoms with E-state index < -0.39 is 17.9 Å². The molecule has 0 radical (unpaired) electrons. The summed E-state index contributed by atoms with van der Waals surface area (Å²) in [7, 11) is 0. The number of ether oxygens (including phenoxy) is 1. The van der Waals surface area contributed by atoms with Gasteiger partial charge in [0.25, 0.3) is 0 Å². The number of hydrogen-bond acceptors (Lipinski definition) is 5. The lowest BCUT2D eigenvalue weighted by Gasteiger charge is -2.32. The molecule has 3 aliphatic rings. The van der Waals surface area contributed by atoms with Crippen molar-refractivity contribution >= 4 is 17.5 Å². The number of esters is 1. The predicted octanol–water partition coefficient (Wildman–Crippen LogP) is 2.27. The zero-order valence-corrected chi connectivity index (χ0v) is 13.1. The van der Waals surface area contributed by atoms with Crippen LogP contribution in [0.15, 0.2) is 60.0 Å². The van der Waals surface area contributed by atoms with Gasteiger partial charge in [-0.05, 0) is 19.1 Å². The fourth-order valence-electron chi connectivity index (χ4n) is 3.64. The molecule has 0 fully saturated rings. The highest BCUT2D eigenvalue weighted by Gasteiger charge is 2.53. The molecule has 0 saturated heterocycles. The van der Waals surface area contributed by atoms with Gasteiger partial charge in [0.1, 0.15) is 6.04 Å². The zero-order valence-electron chi connectivity index (χ0n) is 13.1. The number of allylic oxidation sites excluding steroid dienone is 3. The second-order valence-electron chi connectivity index (χ2n) is 5.82. The molecular weight excluding hydrogens is 306 g/mol. The fraction of sp³-hybridized carbons (Fsp3) is 0.211. The van der Waals surface area contributed by atoms with Crippen molar-refractivity contribution < 1.29 is 19.1 Å². The van der Waals surface area contributed by atoms with Crippen LogP contribution in [0.25, 0.3) is 0 Å². The number of carbonyl (C=O) groups excluding carboxylic acids is 3. The molecule has 0 amide bonds. The Labute approximate surface area is 138 Å². The van der Waals surface area contributed by atoms with Gasteiger partial charge in [-0.25, -0.2) is 4.79 Å². The summed E-state index contributed by atoms with van der Waals surface area (Å²) in [5, 5.41) is 0. The third-order valence-electron chi connectivity index (χ3n) is 4.60. The van der Waals surface area contributed by atoms with Crippen molar-refractivity contribution in [2.45, 2.75) is 13.0 Å². The lowest BCUT2D eigenvalue weighted by atomic mass is 9.76. The Morgan fingerprint density at radius 3 is 2.54 bits per heavy atom. The average molecular weight is 321 g/mol. The van der Waals surface area contributed by atoms with E-state index in [0.29, 0.717) is 16.8 Å². The quantitative estimate of drug-likeness (QED) is 0.782. The van der Waals surface area contributed by atoms with Crippen LogP contribution in [0.2, 0.25) is 0 Å². The first kappa shape index (κ1) is 14.6. The molecule has 2 unspecified atom stereocenters. The van der Waals surface area contributed by atoms with Crippen LogP contribution in [0.3, 0.4) is 0 Å². The van der Waals surface area contributed by atoms with E-state index in [1.807, 2.05) is 0 Å². The van der Waals surface area contributed by atoms with Crippen LogP contribution in [0, 0.1) is 5.92 Å². The Kier molecular flexibility index (Phi) is 3.23. The monoisotopic (exact) mass is 321 g/mol. The van der Waals surface area contributed by atoms with E-state index in [2.05, 4.69) is 0 Å². The highest BCUT2D eigenvalue weighted by Crippen LogP contribution is 2.43. The van der Waals surface area contributed by atoms with E-state index in [9.17, 15) is 14.4 Å². The van der Waals surface area contributed by atoms with E-state index in [0.717, 1.165) is 0 Å². The molecule has 5 nitrogen and oxygen atoms in total. The maximum absolute atomic E-state index is 13.0. The molecule has 0 spiro atoms. The fourth-order valence-corrected chi connectivity index (χ4v) is 3.64. The molecule has 2 aliphatic heterocycles. The highest BCUT2D eigenvalue weighted by molar-refractivity contribution is 6.21. The summed E-state index contributed by atoms with van der Waals surface area (Å²) in [5.41, 5.74) is 1.63. The Balaban J connectivity index is 1.91. The van der Waals surface area contributed by atoms with Crippen LogP contribution >= 0.6 is 0 Å². The molecule has 2 heterocycles. The first-order chi connectivity index (χ1) is 11.6. The Bertz CT molecular complexity index is 862. The average Bonchev–Trinajstić information content (AvgIpc) is 2.95. The first-order valence-corrected chi connectivity index (χ1v) is 7.87. The first-order valence-electron chi connectivity index (χ1n) is 7.87. The van der Waals surface area contributed by atoms with E-state index in [1.165, 1.54) is 0 Å². The molecule has 0 bridgehead atoms. The predicted molar refractivity (Wildman–Crippen MR) is 86.2 cm³/mol. The number of fused-ring (bicyclic) bond motifs is 4. The number of rotatable bonds is 2. The zero-order chi connectivity index (χ0) is 16.8. The number of hydrogen-bond donors (Lipinski definition) is 0. The normalized spacial score (nSPS) is 24.0. The molecule has 1 aromatic carbocycles. The molecule has 24 heavy (non-hydrogen) atoms. The maximum atomic E-state index is 13.0. The summed E-state index contributed by atoms with van der Waals surface area (Å²) in [4.78, 5) is 40.2. The maximum Gasteiger partial charge on any atom is 0.336 e. The van der Waals surface area contributed by atoms with E-state index in [1.54, 1.807) is 60.5 Å². The van der Waals surface area contributed by atoms with Gasteiger partial charge in [-0.15, -0.1) is 0 Å². The largest absolute Gasteiger partial charge is 0.463 e. The second kappa shape index (κ2) is 5.30. The van der Waals surface area contributed by atoms with Crippen molar-refractivity contribution in [3.63, 3.8) is 0 Å². The van der Waals surface area contributed by atoms with Crippen LogP contribution in [-0.2, 0) is 9.53 Å². The summed E-state index contributed by atoms with van der Waals surface area (Å²) in [5.74, 6) is -1.71. The molecule has 0 aromatic heterocycles. The van der Waals surface area contributed by atoms with E-state index in [-0.39, 0.29) is 23.7 Å². The van der Waals surface area contributed by atoms with Crippen molar-refractivity contribution in [2.75, 3.05) is 6.61 Å². The molecule has 1 aromatic rings. The number of nitrogens with zero attached hydrogens (tertiary/aromatic N) is 1. The molecule has 2 atom stereocenters. The second-order valence-corrected chi connectivity index (χ2v) is 5.82. The minimum Gasteiger partial charge on any atom is -0.463 e. The van der Waals surface area contributed by atoms with Crippen molar-refractivity contribution in [1.29, 1.82) is 0 Å². The van der Waals surface area contributed by atoms with E-state index >= 15 is 0 Å². The third-order valence-corrected chi connectivity index (χ3v) is 4.60. The van der Waals surface area contributed by atoms with Crippen LogP contribution in [-0.4, -0.2) is 35.1 Å². The summed E-state index contributed by atoms with van der Waals surface area (Å²) in [6.07, 6.45) is 7.05. The highest BCUT2D eigenvalue weighted by atomic mass is 16.5. The number of benzene rings is 1. The minimum atomic E-state index is -0.825. The van der Waals surface area contributed by atoms with Gasteiger partial charge in [-0.2, -0.15) is 0 Å². The molecule has 1 aliphatic carbocycles. The SMILES string of the molecule is CCOC(=O)C1=C2C=CC=CN2C2C(=O)c3ccccc3C(=O)C12. The summed E-state index contributed by atoms with van der Waals surface area (Å²) < 4.78 is 5.15. The minimum absolute atomic E-state index is 0.146. The Hall–Kier alpha value is -2.95. The molecular formula is C19H15NO4. The standard InChI is InChI=1S/C19H15NO4/c1-2-24-19(23)14-13-9-5-6-10-20(13)16-15(14)17(21)11-7-3-4-8-12(11)18(16)22/h3-10,15-16H,2H2,1H3. The van der Waals surface area contributed by atoms with Gasteiger partial charge < -0.3 is 9.64 Å². The summed E-state index contributed by atoms with van der Waals surface area (Å²) >= 11 is 0. The van der Waals surface area contributed by atoms with Gasteiger partial charge >= 0.3 is 5.97 Å². The van der Waals surface area contributed by atoms with Gasteiger partial charge in [-0.1, -0.05) is 30.3 Å². The van der Waals surface area contributed by atoms with Crippen LogP contribution in [0.1, 0.15) is 27.6 Å². The number of carbonyl (C=O) groups is 3. The topological polar surface area (TPSA) is 63.7 Å². The van der Waals surface area contributed by atoms with Gasteiger partial charge in [0.15, 0.2) is 11.6 Å². The lowest BCUT2D eigenvalue weighted by Crippen LogP contribution is -2.46. The molecule has 0 saturated carbocycles. The number of Topliss-reactive ketones (excluding diaryl/α,β-unsaturated/α-hetero) is 2. The van der Waals surface area contributed by atoms with Gasteiger partial charge in [0.2, 0.25) is 0 Å². The Morgan fingerprint density at radius 1 is 1.12 bits per heavy atom. The van der Waals surface area contributed by atoms with Crippen molar-refractivity contribution in [2.24, 2.45) is 5.92 Å². The van der Waals surface area contributed by atoms with Gasteiger partial charge in [0.05, 0.1) is 23.8 Å². The van der Waals surface area contributed by atoms with Crippen LogP contribution in [0.5, 0.6) is 0 Å². The van der Waals surface area contributed by atoms with Gasteiger partial charge in [-0.3, -0.25) is 9.59 Å². The lowest BCUT2D eigenvalue weighted by molar-refractivity contribution is -0.139. The smallest absolute Gasteiger partial charge is 0.336 e.